The maximum Gasteiger partial charge on any atom is 0.367 e. The molecule has 2 heterocycles. The van der Waals surface area contributed by atoms with Crippen molar-refractivity contribution in [2.24, 2.45) is 0 Å². The van der Waals surface area contributed by atoms with E-state index in [-0.39, 0.29) is 23.2 Å². The van der Waals surface area contributed by atoms with Crippen LogP contribution >= 0.6 is 11.3 Å². The molecule has 8 heteroatoms. The molecule has 0 aromatic carbocycles. The van der Waals surface area contributed by atoms with Gasteiger partial charge >= 0.3 is 5.97 Å². The average molecular weight is 309 g/mol. The maximum absolute atomic E-state index is 12.0. The van der Waals surface area contributed by atoms with Crippen molar-refractivity contribution in [2.45, 2.75) is 27.3 Å². The fourth-order valence-corrected chi connectivity index (χ4v) is 2.37. The highest BCUT2D eigenvalue weighted by Gasteiger charge is 2.17. The minimum Gasteiger partial charge on any atom is -0.461 e. The molecule has 0 bridgehead atoms. The number of esters is 1. The Kier molecular flexibility index (Phi) is 4.69. The van der Waals surface area contributed by atoms with Crippen molar-refractivity contribution in [3.05, 3.63) is 33.1 Å². The molecular formula is C13H15N3O4S. The average Bonchev–Trinajstić information content (AvgIpc) is 3.05. The van der Waals surface area contributed by atoms with Crippen LogP contribution in [0.15, 0.2) is 9.90 Å². The molecule has 0 aliphatic heterocycles. The summed E-state index contributed by atoms with van der Waals surface area (Å²) >= 11 is 1.08. The lowest BCUT2D eigenvalue weighted by atomic mass is 10.2. The first-order valence-corrected chi connectivity index (χ1v) is 7.23. The van der Waals surface area contributed by atoms with Gasteiger partial charge in [-0.3, -0.25) is 4.79 Å². The van der Waals surface area contributed by atoms with Crippen molar-refractivity contribution in [1.29, 1.82) is 0 Å². The van der Waals surface area contributed by atoms with Crippen LogP contribution in [0.1, 0.15) is 44.2 Å². The van der Waals surface area contributed by atoms with Crippen LogP contribution < -0.4 is 5.32 Å². The molecule has 0 radical (unpaired) electrons. The van der Waals surface area contributed by atoms with Crippen LogP contribution in [0.4, 0.5) is 0 Å². The van der Waals surface area contributed by atoms with Gasteiger partial charge in [-0.2, -0.15) is 0 Å². The summed E-state index contributed by atoms with van der Waals surface area (Å²) in [7, 11) is 0. The van der Waals surface area contributed by atoms with E-state index < -0.39 is 5.97 Å². The maximum atomic E-state index is 12.0. The number of aromatic nitrogens is 2. The van der Waals surface area contributed by atoms with Crippen molar-refractivity contribution in [3.63, 3.8) is 0 Å². The molecule has 0 saturated carbocycles. The molecule has 2 aromatic heterocycles. The Morgan fingerprint density at radius 1 is 1.43 bits per heavy atom. The summed E-state index contributed by atoms with van der Waals surface area (Å²) < 4.78 is 9.85. The lowest BCUT2D eigenvalue weighted by molar-refractivity contribution is 0.0526. The second kappa shape index (κ2) is 6.49. The van der Waals surface area contributed by atoms with Crippen molar-refractivity contribution in [2.75, 3.05) is 6.61 Å². The predicted molar refractivity (Wildman–Crippen MR) is 75.2 cm³/mol. The molecule has 2 aromatic rings. The van der Waals surface area contributed by atoms with E-state index in [1.165, 1.54) is 5.38 Å². The first-order valence-electron chi connectivity index (χ1n) is 6.35. The Labute approximate surface area is 125 Å². The fraction of sp³-hybridized carbons (Fsp3) is 0.385. The smallest absolute Gasteiger partial charge is 0.367 e. The lowest BCUT2D eigenvalue weighted by Crippen LogP contribution is -2.23. The normalized spacial score (nSPS) is 10.4. The second-order valence-corrected chi connectivity index (χ2v) is 5.10. The number of nitrogens with zero attached hydrogens (tertiary/aromatic N) is 2. The highest BCUT2D eigenvalue weighted by molar-refractivity contribution is 7.11. The van der Waals surface area contributed by atoms with Gasteiger partial charge < -0.3 is 14.6 Å². The zero-order chi connectivity index (χ0) is 15.4. The van der Waals surface area contributed by atoms with Gasteiger partial charge in [-0.05, 0) is 20.8 Å². The van der Waals surface area contributed by atoms with Gasteiger partial charge in [-0.1, -0.05) is 5.16 Å². The molecule has 112 valence electrons. The molecule has 0 atom stereocenters. The van der Waals surface area contributed by atoms with Gasteiger partial charge in [0, 0.05) is 17.5 Å². The van der Waals surface area contributed by atoms with Crippen molar-refractivity contribution in [1.82, 2.24) is 15.5 Å². The standard InChI is InChI=1S/C13H15N3O4S/c1-4-19-13(18)12-15-10(6-21-12)11(17)14-5-9-7(2)16-20-8(9)3/h6H,4-5H2,1-3H3,(H,14,17). The molecule has 0 fully saturated rings. The summed E-state index contributed by atoms with van der Waals surface area (Å²) in [5.41, 5.74) is 1.76. The van der Waals surface area contributed by atoms with Gasteiger partial charge in [0.2, 0.25) is 5.01 Å². The van der Waals surface area contributed by atoms with E-state index in [1.807, 2.05) is 0 Å². The minimum absolute atomic E-state index is 0.166. The number of nitrogens with one attached hydrogen (secondary N) is 1. The summed E-state index contributed by atoms with van der Waals surface area (Å²) in [5.74, 6) is -0.215. The number of carbonyl (C=O) groups excluding carboxylic acids is 2. The molecule has 21 heavy (non-hydrogen) atoms. The van der Waals surface area contributed by atoms with Crippen LogP contribution in [-0.4, -0.2) is 28.6 Å². The van der Waals surface area contributed by atoms with Crippen LogP contribution in [0.2, 0.25) is 0 Å². The third-order valence-corrected chi connectivity index (χ3v) is 3.62. The number of thiazole rings is 1. The third kappa shape index (κ3) is 3.46. The molecule has 0 saturated heterocycles. The predicted octanol–water partition coefficient (Wildman–Crippen LogP) is 1.85. The Morgan fingerprint density at radius 2 is 2.19 bits per heavy atom. The monoisotopic (exact) mass is 309 g/mol. The van der Waals surface area contributed by atoms with E-state index in [0.717, 1.165) is 22.6 Å². The number of ether oxygens (including phenoxy) is 1. The van der Waals surface area contributed by atoms with E-state index in [4.69, 9.17) is 9.26 Å². The van der Waals surface area contributed by atoms with E-state index in [0.29, 0.717) is 12.3 Å². The second-order valence-electron chi connectivity index (χ2n) is 4.24. The van der Waals surface area contributed by atoms with E-state index in [9.17, 15) is 9.59 Å². The molecule has 0 unspecified atom stereocenters. The molecule has 0 spiro atoms. The van der Waals surface area contributed by atoms with E-state index in [1.54, 1.807) is 20.8 Å². The number of hydrogen-bond donors (Lipinski definition) is 1. The van der Waals surface area contributed by atoms with Crippen LogP contribution in [0.3, 0.4) is 0 Å². The number of aryl methyl sites for hydroxylation is 2. The largest absolute Gasteiger partial charge is 0.461 e. The highest BCUT2D eigenvalue weighted by Crippen LogP contribution is 2.13. The van der Waals surface area contributed by atoms with Crippen molar-refractivity contribution < 1.29 is 18.8 Å². The number of carbonyl (C=O) groups is 2. The molecular weight excluding hydrogens is 294 g/mol. The Bertz CT molecular complexity index is 643. The first kappa shape index (κ1) is 15.2. The van der Waals surface area contributed by atoms with E-state index >= 15 is 0 Å². The number of rotatable bonds is 5. The molecule has 0 aliphatic carbocycles. The number of hydrogen-bond acceptors (Lipinski definition) is 7. The molecule has 1 N–H and O–H groups in total. The van der Waals surface area contributed by atoms with Crippen LogP contribution in [0.25, 0.3) is 0 Å². The highest BCUT2D eigenvalue weighted by atomic mass is 32.1. The topological polar surface area (TPSA) is 94.3 Å². The fourth-order valence-electron chi connectivity index (χ4n) is 1.68. The Balaban J connectivity index is 1.99. The van der Waals surface area contributed by atoms with Gasteiger partial charge in [0.15, 0.2) is 0 Å². The SMILES string of the molecule is CCOC(=O)c1nc(C(=O)NCc2c(C)noc2C)cs1. The van der Waals surface area contributed by atoms with Crippen LogP contribution in [0.5, 0.6) is 0 Å². The van der Waals surface area contributed by atoms with Gasteiger partial charge in [-0.15, -0.1) is 11.3 Å². The number of amides is 1. The van der Waals surface area contributed by atoms with Crippen LogP contribution in [0, 0.1) is 13.8 Å². The summed E-state index contributed by atoms with van der Waals surface area (Å²) in [6.07, 6.45) is 0. The van der Waals surface area contributed by atoms with Gasteiger partial charge in [0.05, 0.1) is 12.3 Å². The van der Waals surface area contributed by atoms with Gasteiger partial charge in [0.25, 0.3) is 5.91 Å². The van der Waals surface area contributed by atoms with Crippen LogP contribution in [-0.2, 0) is 11.3 Å². The van der Waals surface area contributed by atoms with Crippen molar-refractivity contribution in [3.8, 4) is 0 Å². The van der Waals surface area contributed by atoms with E-state index in [2.05, 4.69) is 15.5 Å². The quantitative estimate of drug-likeness (QED) is 0.847. The Hall–Kier alpha value is -2.22. The van der Waals surface area contributed by atoms with Crippen molar-refractivity contribution >= 4 is 23.2 Å². The molecule has 2 rings (SSSR count). The summed E-state index contributed by atoms with van der Waals surface area (Å²) in [6.45, 7) is 5.86. The molecule has 7 nitrogen and oxygen atoms in total. The molecule has 0 aliphatic rings. The first-order chi connectivity index (χ1) is 10.0. The summed E-state index contributed by atoms with van der Waals surface area (Å²) in [6, 6.07) is 0. The minimum atomic E-state index is -0.521. The van der Waals surface area contributed by atoms with Gasteiger partial charge in [-0.25, -0.2) is 9.78 Å². The summed E-state index contributed by atoms with van der Waals surface area (Å²) in [5, 5.41) is 8.22. The van der Waals surface area contributed by atoms with Gasteiger partial charge in [0.1, 0.15) is 11.5 Å². The zero-order valence-electron chi connectivity index (χ0n) is 11.9. The zero-order valence-corrected chi connectivity index (χ0v) is 12.7. The lowest BCUT2D eigenvalue weighted by Gasteiger charge is -2.02. The molecule has 1 amide bonds. The summed E-state index contributed by atoms with van der Waals surface area (Å²) in [4.78, 5) is 27.4. The Morgan fingerprint density at radius 3 is 2.81 bits per heavy atom. The third-order valence-electron chi connectivity index (χ3n) is 2.79.